The second-order valence-electron chi connectivity index (χ2n) is 4.99. The monoisotopic (exact) mass is 371 g/mol. The number of rotatable bonds is 3. The number of hydrogen-bond acceptors (Lipinski definition) is 4. The predicted octanol–water partition coefficient (Wildman–Crippen LogP) is 3.25. The normalized spacial score (nSPS) is 16.7. The third-order valence-corrected chi connectivity index (χ3v) is 4.21. The Labute approximate surface area is 193 Å². The van der Waals surface area contributed by atoms with Crippen molar-refractivity contribution in [3.05, 3.63) is 76.2 Å². The van der Waals surface area contributed by atoms with Gasteiger partial charge < -0.3 is 0 Å². The SMILES string of the molecule is N#CN=C1NC(=O)C(=Cc2ccc(/C=C/c3ccccc3)cc2)S1.[KH]. The third kappa shape index (κ3) is 5.78. The van der Waals surface area contributed by atoms with Gasteiger partial charge in [-0.1, -0.05) is 66.7 Å². The molecule has 0 aromatic heterocycles. The van der Waals surface area contributed by atoms with Crippen molar-refractivity contribution >= 4 is 92.4 Å². The van der Waals surface area contributed by atoms with Crippen LogP contribution in [0.25, 0.3) is 18.2 Å². The summed E-state index contributed by atoms with van der Waals surface area (Å²) in [6.07, 6.45) is 7.55. The van der Waals surface area contributed by atoms with Crippen LogP contribution in [0, 0.1) is 11.5 Å². The summed E-state index contributed by atoms with van der Waals surface area (Å²) in [6.45, 7) is 0. The molecule has 1 amide bonds. The first-order valence-corrected chi connectivity index (χ1v) is 8.07. The van der Waals surface area contributed by atoms with Crippen molar-refractivity contribution < 1.29 is 4.79 Å². The third-order valence-electron chi connectivity index (χ3n) is 3.30. The minimum absolute atomic E-state index is 0. The first-order chi connectivity index (χ1) is 11.7. The van der Waals surface area contributed by atoms with E-state index in [1.54, 1.807) is 12.3 Å². The van der Waals surface area contributed by atoms with E-state index in [0.717, 1.165) is 28.5 Å². The summed E-state index contributed by atoms with van der Waals surface area (Å²) in [5.74, 6) is -0.234. The van der Waals surface area contributed by atoms with Gasteiger partial charge >= 0.3 is 51.4 Å². The molecule has 1 aliphatic heterocycles. The van der Waals surface area contributed by atoms with Crippen LogP contribution in [0.3, 0.4) is 0 Å². The van der Waals surface area contributed by atoms with E-state index in [4.69, 9.17) is 5.26 Å². The second kappa shape index (κ2) is 9.87. The molecule has 1 aliphatic rings. The zero-order chi connectivity index (χ0) is 16.8. The van der Waals surface area contributed by atoms with Crippen LogP contribution in [-0.4, -0.2) is 62.5 Å². The van der Waals surface area contributed by atoms with Crippen LogP contribution in [-0.2, 0) is 4.79 Å². The van der Waals surface area contributed by atoms with E-state index in [1.165, 1.54) is 0 Å². The van der Waals surface area contributed by atoms with Gasteiger partial charge in [-0.3, -0.25) is 10.1 Å². The number of amidine groups is 1. The number of nitrogens with one attached hydrogen (secondary N) is 1. The first kappa shape index (κ1) is 19.9. The number of nitrogens with zero attached hydrogens (tertiary/aromatic N) is 2. The van der Waals surface area contributed by atoms with Crippen molar-refractivity contribution in [3.8, 4) is 6.19 Å². The molecule has 118 valence electrons. The molecule has 1 heterocycles. The van der Waals surface area contributed by atoms with E-state index in [0.29, 0.717) is 10.1 Å². The zero-order valence-electron chi connectivity index (χ0n) is 12.6. The van der Waals surface area contributed by atoms with E-state index in [9.17, 15) is 4.79 Å². The van der Waals surface area contributed by atoms with Crippen LogP contribution in [0.2, 0.25) is 0 Å². The number of carbonyl (C=O) groups is 1. The Balaban J connectivity index is 0.00000225. The van der Waals surface area contributed by atoms with E-state index >= 15 is 0 Å². The summed E-state index contributed by atoms with van der Waals surface area (Å²) in [4.78, 5) is 15.8. The van der Waals surface area contributed by atoms with Gasteiger partial charge in [0.25, 0.3) is 5.91 Å². The molecule has 3 rings (SSSR count). The van der Waals surface area contributed by atoms with E-state index in [2.05, 4.69) is 16.4 Å². The molecule has 1 saturated heterocycles. The Bertz CT molecular complexity index is 881. The molecule has 0 radical (unpaired) electrons. The van der Waals surface area contributed by atoms with Gasteiger partial charge in [0.1, 0.15) is 0 Å². The van der Waals surface area contributed by atoms with Gasteiger partial charge in [0.05, 0.1) is 4.91 Å². The zero-order valence-corrected chi connectivity index (χ0v) is 13.5. The van der Waals surface area contributed by atoms with Crippen LogP contribution in [0.15, 0.2) is 64.5 Å². The van der Waals surface area contributed by atoms with Crippen LogP contribution in [0.5, 0.6) is 0 Å². The van der Waals surface area contributed by atoms with Crippen molar-refractivity contribution in [1.29, 1.82) is 5.26 Å². The summed E-state index contributed by atoms with van der Waals surface area (Å²) in [5.41, 5.74) is 3.14. The molecular weight excluding hydrogens is 357 g/mol. The average Bonchev–Trinajstić information content (AvgIpc) is 2.95. The molecule has 1 fully saturated rings. The van der Waals surface area contributed by atoms with Gasteiger partial charge in [-0.15, -0.1) is 4.99 Å². The summed E-state index contributed by atoms with van der Waals surface area (Å²) < 4.78 is 0. The summed E-state index contributed by atoms with van der Waals surface area (Å²) in [6, 6.07) is 18.0. The molecule has 0 unspecified atom stereocenters. The van der Waals surface area contributed by atoms with E-state index in [1.807, 2.05) is 60.7 Å². The summed E-state index contributed by atoms with van der Waals surface area (Å²) in [5, 5.41) is 11.4. The quantitative estimate of drug-likeness (QED) is 0.390. The van der Waals surface area contributed by atoms with Crippen molar-refractivity contribution in [2.75, 3.05) is 0 Å². The minimum atomic E-state index is -0.234. The molecule has 0 atom stereocenters. The van der Waals surface area contributed by atoms with Gasteiger partial charge in [0, 0.05) is 0 Å². The first-order valence-electron chi connectivity index (χ1n) is 7.25. The fourth-order valence-corrected chi connectivity index (χ4v) is 2.91. The number of aliphatic imine (C=N–C) groups is 1. The standard InChI is InChI=1S/C19H13N3OS.K.H/c20-13-21-19-22-18(23)17(24-19)12-16-10-8-15(9-11-16)7-6-14-4-2-1-3-5-14;;/h1-12H,(H,21,22,23);;/b7-6+,17-12?;;. The molecule has 6 heteroatoms. The van der Waals surface area contributed by atoms with Gasteiger partial charge in [0.15, 0.2) is 5.17 Å². The van der Waals surface area contributed by atoms with Crippen molar-refractivity contribution in [2.24, 2.45) is 4.99 Å². The van der Waals surface area contributed by atoms with Gasteiger partial charge in [0.2, 0.25) is 6.19 Å². The average molecular weight is 372 g/mol. The van der Waals surface area contributed by atoms with Gasteiger partial charge in [-0.05, 0) is 34.5 Å². The molecule has 2 aromatic rings. The van der Waals surface area contributed by atoms with Gasteiger partial charge in [-0.2, -0.15) is 5.26 Å². The molecule has 0 saturated carbocycles. The predicted molar refractivity (Wildman–Crippen MR) is 106 cm³/mol. The number of carbonyl (C=O) groups excluding carboxylic acids is 1. The number of amides is 1. The van der Waals surface area contributed by atoms with Crippen LogP contribution >= 0.6 is 11.8 Å². The Morgan fingerprint density at radius 2 is 1.56 bits per heavy atom. The number of nitriles is 1. The Hall–Kier alpha value is -1.46. The number of benzene rings is 2. The van der Waals surface area contributed by atoms with Crippen molar-refractivity contribution in [3.63, 3.8) is 0 Å². The van der Waals surface area contributed by atoms with Gasteiger partial charge in [-0.25, -0.2) is 0 Å². The Kier molecular flexibility index (Phi) is 7.84. The summed E-state index contributed by atoms with van der Waals surface area (Å²) in [7, 11) is 0. The molecule has 0 spiro atoms. The molecule has 1 N–H and O–H groups in total. The number of hydrogen-bond donors (Lipinski definition) is 1. The maximum absolute atomic E-state index is 11.8. The molecule has 25 heavy (non-hydrogen) atoms. The van der Waals surface area contributed by atoms with Crippen molar-refractivity contribution in [2.45, 2.75) is 0 Å². The fourth-order valence-electron chi connectivity index (χ4n) is 2.14. The number of thioether (sulfide) groups is 1. The molecular formula is C19H14KN3OS. The van der Waals surface area contributed by atoms with Crippen molar-refractivity contribution in [1.82, 2.24) is 5.32 Å². The Morgan fingerprint density at radius 1 is 0.960 bits per heavy atom. The van der Waals surface area contributed by atoms with Crippen LogP contribution in [0.4, 0.5) is 0 Å². The molecule has 4 nitrogen and oxygen atoms in total. The summed E-state index contributed by atoms with van der Waals surface area (Å²) >= 11 is 1.16. The Morgan fingerprint density at radius 3 is 2.20 bits per heavy atom. The molecule has 0 aliphatic carbocycles. The fraction of sp³-hybridized carbons (Fsp3) is 0. The topological polar surface area (TPSA) is 65.2 Å². The van der Waals surface area contributed by atoms with Crippen LogP contribution in [0.1, 0.15) is 16.7 Å². The maximum atomic E-state index is 11.8. The molecule has 0 bridgehead atoms. The molecule has 2 aromatic carbocycles. The van der Waals surface area contributed by atoms with Crippen LogP contribution < -0.4 is 5.32 Å². The van der Waals surface area contributed by atoms with E-state index < -0.39 is 0 Å². The van der Waals surface area contributed by atoms with E-state index in [-0.39, 0.29) is 57.3 Å². The second-order valence-corrected chi connectivity index (χ2v) is 6.02.